The van der Waals surface area contributed by atoms with Gasteiger partial charge in [0.1, 0.15) is 5.69 Å². The van der Waals surface area contributed by atoms with Gasteiger partial charge in [0.05, 0.1) is 13.2 Å². The number of carbonyl (C=O) groups is 1. The molecule has 7 nitrogen and oxygen atoms in total. The van der Waals surface area contributed by atoms with Gasteiger partial charge in [-0.15, -0.1) is 0 Å². The van der Waals surface area contributed by atoms with Crippen molar-refractivity contribution in [2.75, 3.05) is 36.5 Å². The summed E-state index contributed by atoms with van der Waals surface area (Å²) in [5, 5.41) is 4.29. The SMILES string of the molecule is O=C(Nc1nc(N2CCOCC2)ns1)c1cc2ccccc2[nH]1. The van der Waals surface area contributed by atoms with Gasteiger partial charge in [0.2, 0.25) is 11.1 Å². The van der Waals surface area contributed by atoms with Crippen molar-refractivity contribution < 1.29 is 9.53 Å². The lowest BCUT2D eigenvalue weighted by Gasteiger charge is -2.25. The molecule has 4 rings (SSSR count). The molecule has 0 aliphatic carbocycles. The first-order valence-corrected chi connectivity index (χ1v) is 8.12. The number of ether oxygens (including phenoxy) is 1. The Bertz CT molecular complexity index is 804. The molecule has 1 saturated heterocycles. The molecule has 3 aromatic rings. The molecule has 1 aliphatic heterocycles. The Hall–Kier alpha value is -2.45. The Labute approximate surface area is 136 Å². The number of nitrogens with zero attached hydrogens (tertiary/aromatic N) is 3. The van der Waals surface area contributed by atoms with E-state index in [-0.39, 0.29) is 5.91 Å². The molecular formula is C15H15N5O2S. The largest absolute Gasteiger partial charge is 0.378 e. The molecule has 1 amide bonds. The standard InChI is InChI=1S/C15H15N5O2S/c21-13(12-9-10-3-1-2-4-11(10)16-12)17-15-18-14(19-23-15)20-5-7-22-8-6-20/h1-4,9,16H,5-8H2,(H,17,18,19,21). The highest BCUT2D eigenvalue weighted by Gasteiger charge is 2.17. The van der Waals surface area contributed by atoms with E-state index in [2.05, 4.69) is 24.6 Å². The number of aromatic nitrogens is 3. The van der Waals surface area contributed by atoms with Crippen LogP contribution in [0.2, 0.25) is 0 Å². The number of morpholine rings is 1. The molecule has 3 heterocycles. The van der Waals surface area contributed by atoms with Crippen molar-refractivity contribution in [1.29, 1.82) is 0 Å². The molecule has 0 bridgehead atoms. The number of H-pyrrole nitrogens is 1. The van der Waals surface area contributed by atoms with Gasteiger partial charge in [-0.1, -0.05) is 18.2 Å². The van der Waals surface area contributed by atoms with Gasteiger partial charge in [-0.2, -0.15) is 9.36 Å². The maximum atomic E-state index is 12.3. The summed E-state index contributed by atoms with van der Waals surface area (Å²) in [6.45, 7) is 2.89. The van der Waals surface area contributed by atoms with Crippen LogP contribution in [0, 0.1) is 0 Å². The van der Waals surface area contributed by atoms with E-state index in [1.807, 2.05) is 30.3 Å². The zero-order valence-corrected chi connectivity index (χ0v) is 13.1. The van der Waals surface area contributed by atoms with E-state index < -0.39 is 0 Å². The minimum absolute atomic E-state index is 0.217. The van der Waals surface area contributed by atoms with Crippen LogP contribution in [-0.4, -0.2) is 46.6 Å². The molecule has 1 fully saturated rings. The van der Waals surface area contributed by atoms with Gasteiger partial charge in [-0.25, -0.2) is 0 Å². The first-order valence-electron chi connectivity index (χ1n) is 7.35. The van der Waals surface area contributed by atoms with Gasteiger partial charge in [0, 0.05) is 35.5 Å². The fraction of sp³-hybridized carbons (Fsp3) is 0.267. The molecule has 1 aromatic carbocycles. The van der Waals surface area contributed by atoms with Crippen molar-refractivity contribution in [2.24, 2.45) is 0 Å². The molecular weight excluding hydrogens is 314 g/mol. The maximum Gasteiger partial charge on any atom is 0.273 e. The molecule has 2 N–H and O–H groups in total. The molecule has 2 aromatic heterocycles. The molecule has 0 saturated carbocycles. The first-order chi connectivity index (χ1) is 11.3. The van der Waals surface area contributed by atoms with Crippen LogP contribution in [0.1, 0.15) is 10.5 Å². The number of anilines is 2. The predicted molar refractivity (Wildman–Crippen MR) is 89.2 cm³/mol. The van der Waals surface area contributed by atoms with Crippen LogP contribution < -0.4 is 10.2 Å². The molecule has 8 heteroatoms. The van der Waals surface area contributed by atoms with Gasteiger partial charge in [0.25, 0.3) is 5.91 Å². The average molecular weight is 329 g/mol. The molecule has 23 heavy (non-hydrogen) atoms. The Morgan fingerprint density at radius 3 is 2.96 bits per heavy atom. The van der Waals surface area contributed by atoms with E-state index in [9.17, 15) is 4.79 Å². The summed E-state index contributed by atoms with van der Waals surface area (Å²) < 4.78 is 9.62. The Kier molecular flexibility index (Phi) is 3.68. The molecule has 0 unspecified atom stereocenters. The third-order valence-corrected chi connectivity index (χ3v) is 4.33. The minimum Gasteiger partial charge on any atom is -0.378 e. The van der Waals surface area contributed by atoms with Crippen LogP contribution in [0.15, 0.2) is 30.3 Å². The van der Waals surface area contributed by atoms with Crippen LogP contribution in [0.3, 0.4) is 0 Å². The van der Waals surface area contributed by atoms with Gasteiger partial charge in [-0.05, 0) is 12.1 Å². The maximum absolute atomic E-state index is 12.3. The second kappa shape index (κ2) is 5.98. The highest BCUT2D eigenvalue weighted by Crippen LogP contribution is 2.20. The van der Waals surface area contributed by atoms with E-state index in [0.717, 1.165) is 24.0 Å². The lowest BCUT2D eigenvalue weighted by atomic mass is 10.2. The Balaban J connectivity index is 1.49. The third kappa shape index (κ3) is 2.90. The van der Waals surface area contributed by atoms with E-state index in [4.69, 9.17) is 4.74 Å². The summed E-state index contributed by atoms with van der Waals surface area (Å²) in [5.41, 5.74) is 1.44. The predicted octanol–water partition coefficient (Wildman–Crippen LogP) is 2.11. The van der Waals surface area contributed by atoms with Crippen molar-refractivity contribution in [3.8, 4) is 0 Å². The average Bonchev–Trinajstić information content (AvgIpc) is 3.22. The summed E-state index contributed by atoms with van der Waals surface area (Å²) in [6, 6.07) is 9.60. The third-order valence-electron chi connectivity index (χ3n) is 3.70. The second-order valence-corrected chi connectivity index (χ2v) is 5.98. The molecule has 118 valence electrons. The smallest absolute Gasteiger partial charge is 0.273 e. The van der Waals surface area contributed by atoms with Crippen LogP contribution >= 0.6 is 11.5 Å². The summed E-state index contributed by atoms with van der Waals surface area (Å²) in [5.74, 6) is 0.427. The molecule has 0 spiro atoms. The monoisotopic (exact) mass is 329 g/mol. The van der Waals surface area contributed by atoms with Crippen LogP contribution in [0.5, 0.6) is 0 Å². The number of carbonyl (C=O) groups excluding carboxylic acids is 1. The number of fused-ring (bicyclic) bond motifs is 1. The highest BCUT2D eigenvalue weighted by molar-refractivity contribution is 7.10. The number of hydrogen-bond acceptors (Lipinski definition) is 6. The summed E-state index contributed by atoms with van der Waals surface area (Å²) >= 11 is 1.18. The van der Waals surface area contributed by atoms with Crippen molar-refractivity contribution >= 4 is 39.4 Å². The second-order valence-electron chi connectivity index (χ2n) is 5.22. The minimum atomic E-state index is -0.217. The quantitative estimate of drug-likeness (QED) is 0.769. The number of nitrogens with one attached hydrogen (secondary N) is 2. The summed E-state index contributed by atoms with van der Waals surface area (Å²) in [7, 11) is 0. The highest BCUT2D eigenvalue weighted by atomic mass is 32.1. The van der Waals surface area contributed by atoms with Crippen molar-refractivity contribution in [3.05, 3.63) is 36.0 Å². The number of benzene rings is 1. The molecule has 0 atom stereocenters. The summed E-state index contributed by atoms with van der Waals surface area (Å²) in [6.07, 6.45) is 0. The first kappa shape index (κ1) is 14.2. The van der Waals surface area contributed by atoms with Crippen molar-refractivity contribution in [3.63, 3.8) is 0 Å². The fourth-order valence-electron chi connectivity index (χ4n) is 2.52. The topological polar surface area (TPSA) is 83.1 Å². The zero-order chi connectivity index (χ0) is 15.6. The number of hydrogen-bond donors (Lipinski definition) is 2. The number of para-hydroxylation sites is 1. The van der Waals surface area contributed by atoms with Crippen LogP contribution in [0.25, 0.3) is 10.9 Å². The zero-order valence-electron chi connectivity index (χ0n) is 12.3. The number of amides is 1. The molecule has 0 radical (unpaired) electrons. The van der Waals surface area contributed by atoms with E-state index in [0.29, 0.717) is 30.0 Å². The van der Waals surface area contributed by atoms with Gasteiger partial charge in [0.15, 0.2) is 0 Å². The summed E-state index contributed by atoms with van der Waals surface area (Å²) in [4.78, 5) is 21.9. The lowest BCUT2D eigenvalue weighted by molar-refractivity contribution is 0.102. The van der Waals surface area contributed by atoms with E-state index >= 15 is 0 Å². The number of aromatic amines is 1. The van der Waals surface area contributed by atoms with Gasteiger partial charge < -0.3 is 14.6 Å². The Morgan fingerprint density at radius 1 is 1.30 bits per heavy atom. The van der Waals surface area contributed by atoms with E-state index in [1.54, 1.807) is 0 Å². The van der Waals surface area contributed by atoms with Gasteiger partial charge >= 0.3 is 0 Å². The van der Waals surface area contributed by atoms with Crippen LogP contribution in [0.4, 0.5) is 11.1 Å². The van der Waals surface area contributed by atoms with Crippen molar-refractivity contribution in [2.45, 2.75) is 0 Å². The molecule has 1 aliphatic rings. The van der Waals surface area contributed by atoms with E-state index in [1.165, 1.54) is 11.5 Å². The number of rotatable bonds is 3. The normalized spacial score (nSPS) is 15.0. The van der Waals surface area contributed by atoms with Crippen LogP contribution in [-0.2, 0) is 4.74 Å². The lowest BCUT2D eigenvalue weighted by Crippen LogP contribution is -2.36. The fourth-order valence-corrected chi connectivity index (χ4v) is 3.10. The van der Waals surface area contributed by atoms with Crippen molar-refractivity contribution in [1.82, 2.24) is 14.3 Å². The Morgan fingerprint density at radius 2 is 2.13 bits per heavy atom. The van der Waals surface area contributed by atoms with Gasteiger partial charge in [-0.3, -0.25) is 10.1 Å².